The van der Waals surface area contributed by atoms with Gasteiger partial charge in [-0.3, -0.25) is 0 Å². The lowest BCUT2D eigenvalue weighted by molar-refractivity contribution is 0.396. The monoisotopic (exact) mass is 152 g/mol. The Labute approximate surface area is 65.6 Å². The van der Waals surface area contributed by atoms with Gasteiger partial charge >= 0.3 is 0 Å². The molecule has 1 fully saturated rings. The summed E-state index contributed by atoms with van der Waals surface area (Å²) in [6, 6.07) is 0. The zero-order chi connectivity index (χ0) is 7.84. The van der Waals surface area contributed by atoms with Crippen LogP contribution in [-0.4, -0.2) is 11.7 Å². The third kappa shape index (κ3) is 1.05. The second kappa shape index (κ2) is 2.34. The first kappa shape index (κ1) is 6.85. The fourth-order valence-electron chi connectivity index (χ4n) is 1.55. The Morgan fingerprint density at radius 2 is 2.64 bits per heavy atom. The maximum absolute atomic E-state index is 5.53. The van der Waals surface area contributed by atoms with Crippen LogP contribution in [0.25, 0.3) is 0 Å². The molecule has 1 aliphatic carbocycles. The maximum Gasteiger partial charge on any atom is 0.137 e. The Morgan fingerprint density at radius 1 is 1.82 bits per heavy atom. The van der Waals surface area contributed by atoms with Gasteiger partial charge in [0.1, 0.15) is 5.76 Å². The van der Waals surface area contributed by atoms with E-state index in [1.54, 1.807) is 0 Å². The molecule has 2 atom stereocenters. The van der Waals surface area contributed by atoms with Gasteiger partial charge in [-0.1, -0.05) is 5.16 Å². The topological polar surface area (TPSA) is 52.0 Å². The molecule has 1 saturated carbocycles. The van der Waals surface area contributed by atoms with E-state index in [9.17, 15) is 0 Å². The summed E-state index contributed by atoms with van der Waals surface area (Å²) in [5, 5.41) is 3.74. The van der Waals surface area contributed by atoms with Crippen LogP contribution in [-0.2, 0) is 0 Å². The van der Waals surface area contributed by atoms with Gasteiger partial charge in [0.2, 0.25) is 0 Å². The van der Waals surface area contributed by atoms with Crippen LogP contribution in [0.3, 0.4) is 0 Å². The van der Waals surface area contributed by atoms with E-state index in [-0.39, 0.29) is 0 Å². The lowest BCUT2D eigenvalue weighted by Gasteiger charge is -1.92. The number of hydrogen-bond acceptors (Lipinski definition) is 3. The van der Waals surface area contributed by atoms with Crippen molar-refractivity contribution in [3.8, 4) is 0 Å². The van der Waals surface area contributed by atoms with Crippen molar-refractivity contribution in [2.24, 2.45) is 11.7 Å². The number of nitrogens with two attached hydrogens (primary N) is 1. The van der Waals surface area contributed by atoms with Gasteiger partial charge in [-0.25, -0.2) is 0 Å². The first-order valence-electron chi connectivity index (χ1n) is 3.94. The number of nitrogens with zero attached hydrogens (tertiary/aromatic N) is 1. The van der Waals surface area contributed by atoms with Gasteiger partial charge in [-0.2, -0.15) is 0 Å². The second-order valence-electron chi connectivity index (χ2n) is 3.18. The molecule has 2 N–H and O–H groups in total. The standard InChI is InChI=1S/C8H12N2O/c1-5-8(4-10-11-5)7-2-6(7)3-9/h4,6-7H,2-3,9H2,1H3/t6-,7+/m0/s1. The van der Waals surface area contributed by atoms with Crippen LogP contribution in [0.4, 0.5) is 0 Å². The summed E-state index contributed by atoms with van der Waals surface area (Å²) in [6.07, 6.45) is 3.02. The highest BCUT2D eigenvalue weighted by Gasteiger charge is 2.39. The summed E-state index contributed by atoms with van der Waals surface area (Å²) < 4.78 is 4.97. The Hall–Kier alpha value is -0.830. The Kier molecular flexibility index (Phi) is 1.46. The Balaban J connectivity index is 2.14. The molecule has 0 spiro atoms. The fraction of sp³-hybridized carbons (Fsp3) is 0.625. The van der Waals surface area contributed by atoms with Gasteiger partial charge < -0.3 is 10.3 Å². The molecule has 0 radical (unpaired) electrons. The summed E-state index contributed by atoms with van der Waals surface area (Å²) in [6.45, 7) is 2.74. The van der Waals surface area contributed by atoms with E-state index in [0.29, 0.717) is 11.8 Å². The van der Waals surface area contributed by atoms with E-state index >= 15 is 0 Å². The smallest absolute Gasteiger partial charge is 0.137 e. The van der Waals surface area contributed by atoms with Crippen LogP contribution in [0.1, 0.15) is 23.7 Å². The van der Waals surface area contributed by atoms with Gasteiger partial charge in [0.25, 0.3) is 0 Å². The number of hydrogen-bond donors (Lipinski definition) is 1. The molecule has 0 aliphatic heterocycles. The minimum absolute atomic E-state index is 0.631. The normalized spacial score (nSPS) is 28.9. The zero-order valence-electron chi connectivity index (χ0n) is 6.58. The molecule has 0 saturated heterocycles. The molecule has 2 rings (SSSR count). The van der Waals surface area contributed by atoms with Crippen molar-refractivity contribution in [3.63, 3.8) is 0 Å². The van der Waals surface area contributed by atoms with Crippen molar-refractivity contribution < 1.29 is 4.52 Å². The molecule has 1 aromatic rings. The van der Waals surface area contributed by atoms with Gasteiger partial charge in [-0.15, -0.1) is 0 Å². The highest BCUT2D eigenvalue weighted by Crippen LogP contribution is 2.47. The average molecular weight is 152 g/mol. The van der Waals surface area contributed by atoms with Crippen LogP contribution in [0.5, 0.6) is 0 Å². The van der Waals surface area contributed by atoms with E-state index < -0.39 is 0 Å². The lowest BCUT2D eigenvalue weighted by Crippen LogP contribution is -2.01. The van der Waals surface area contributed by atoms with Crippen molar-refractivity contribution in [3.05, 3.63) is 17.5 Å². The van der Waals surface area contributed by atoms with Crippen molar-refractivity contribution >= 4 is 0 Å². The largest absolute Gasteiger partial charge is 0.361 e. The Bertz CT molecular complexity index is 256. The highest BCUT2D eigenvalue weighted by atomic mass is 16.5. The number of rotatable bonds is 2. The molecule has 3 nitrogen and oxygen atoms in total. The first-order valence-corrected chi connectivity index (χ1v) is 3.94. The van der Waals surface area contributed by atoms with Crippen molar-refractivity contribution in [2.45, 2.75) is 19.3 Å². The zero-order valence-corrected chi connectivity index (χ0v) is 6.58. The first-order chi connectivity index (χ1) is 5.33. The minimum atomic E-state index is 0.631. The van der Waals surface area contributed by atoms with E-state index in [0.717, 1.165) is 12.3 Å². The molecule has 1 aromatic heterocycles. The molecular weight excluding hydrogens is 140 g/mol. The molecule has 11 heavy (non-hydrogen) atoms. The minimum Gasteiger partial charge on any atom is -0.361 e. The summed E-state index contributed by atoms with van der Waals surface area (Å²) in [4.78, 5) is 0. The van der Waals surface area contributed by atoms with Crippen molar-refractivity contribution in [1.29, 1.82) is 0 Å². The van der Waals surface area contributed by atoms with Crippen LogP contribution in [0.2, 0.25) is 0 Å². The van der Waals surface area contributed by atoms with Gasteiger partial charge in [0, 0.05) is 5.56 Å². The number of aryl methyl sites for hydroxylation is 1. The molecule has 1 heterocycles. The van der Waals surface area contributed by atoms with Gasteiger partial charge in [0.15, 0.2) is 0 Å². The van der Waals surface area contributed by atoms with Crippen LogP contribution < -0.4 is 5.73 Å². The van der Waals surface area contributed by atoms with E-state index in [4.69, 9.17) is 10.3 Å². The highest BCUT2D eigenvalue weighted by molar-refractivity contribution is 5.24. The molecule has 0 bridgehead atoms. The van der Waals surface area contributed by atoms with Crippen molar-refractivity contribution in [2.75, 3.05) is 6.54 Å². The third-order valence-electron chi connectivity index (χ3n) is 2.41. The maximum atomic E-state index is 5.53. The van der Waals surface area contributed by atoms with Gasteiger partial charge in [0.05, 0.1) is 6.20 Å². The second-order valence-corrected chi connectivity index (χ2v) is 3.18. The van der Waals surface area contributed by atoms with E-state index in [2.05, 4.69) is 5.16 Å². The predicted octanol–water partition coefficient (Wildman–Crippen LogP) is 1.05. The van der Waals surface area contributed by atoms with Gasteiger partial charge in [-0.05, 0) is 31.7 Å². The van der Waals surface area contributed by atoms with Crippen molar-refractivity contribution in [1.82, 2.24) is 5.16 Å². The average Bonchev–Trinajstić information content (AvgIpc) is 2.68. The predicted molar refractivity (Wildman–Crippen MR) is 41.1 cm³/mol. The third-order valence-corrected chi connectivity index (χ3v) is 2.41. The van der Waals surface area contributed by atoms with Crippen LogP contribution >= 0.6 is 0 Å². The molecule has 0 unspecified atom stereocenters. The molecule has 0 amide bonds. The quantitative estimate of drug-likeness (QED) is 0.689. The van der Waals surface area contributed by atoms with Crippen LogP contribution in [0.15, 0.2) is 10.7 Å². The van der Waals surface area contributed by atoms with E-state index in [1.165, 1.54) is 12.0 Å². The molecular formula is C8H12N2O. The molecule has 3 heteroatoms. The molecule has 1 aliphatic rings. The summed E-state index contributed by atoms with van der Waals surface area (Å²) in [7, 11) is 0. The Morgan fingerprint density at radius 3 is 3.09 bits per heavy atom. The van der Waals surface area contributed by atoms with E-state index in [1.807, 2.05) is 13.1 Å². The van der Waals surface area contributed by atoms with Crippen LogP contribution in [0, 0.1) is 12.8 Å². The lowest BCUT2D eigenvalue weighted by atomic mass is 10.1. The summed E-state index contributed by atoms with van der Waals surface area (Å²) >= 11 is 0. The fourth-order valence-corrected chi connectivity index (χ4v) is 1.55. The molecule has 60 valence electrons. The SMILES string of the molecule is Cc1oncc1[C@@H]1C[C@H]1CN. The number of aromatic nitrogens is 1. The summed E-state index contributed by atoms with van der Waals surface area (Å²) in [5.41, 5.74) is 6.78. The summed E-state index contributed by atoms with van der Waals surface area (Å²) in [5.74, 6) is 2.25. The molecule has 0 aromatic carbocycles.